The van der Waals surface area contributed by atoms with Crippen molar-refractivity contribution >= 4 is 28.4 Å². The highest BCUT2D eigenvalue weighted by atomic mass is 127. The minimum Gasteiger partial charge on any atom is -0.383 e. The second-order valence-electron chi connectivity index (χ2n) is 3.28. The van der Waals surface area contributed by atoms with Crippen molar-refractivity contribution in [3.8, 4) is 0 Å². The molecule has 1 fully saturated rings. The molecule has 1 aromatic rings. The van der Waals surface area contributed by atoms with Gasteiger partial charge < -0.3 is 11.1 Å². The van der Waals surface area contributed by atoms with Crippen molar-refractivity contribution in [3.05, 3.63) is 21.4 Å². The Morgan fingerprint density at radius 1 is 1.62 bits per heavy atom. The van der Waals surface area contributed by atoms with Crippen LogP contribution in [0, 0.1) is 3.57 Å². The number of halogens is 1. The van der Waals surface area contributed by atoms with E-state index < -0.39 is 0 Å². The summed E-state index contributed by atoms with van der Waals surface area (Å²) in [6, 6.07) is 2.54. The van der Waals surface area contributed by atoms with Crippen molar-refractivity contribution < 1.29 is 0 Å². The van der Waals surface area contributed by atoms with Crippen molar-refractivity contribution in [2.45, 2.75) is 18.9 Å². The molecule has 1 atom stereocenters. The van der Waals surface area contributed by atoms with E-state index in [1.54, 1.807) is 6.20 Å². The first-order chi connectivity index (χ1) is 6.27. The molecule has 3 N–H and O–H groups in total. The number of hydrogen-bond acceptors (Lipinski definition) is 3. The molecule has 0 unspecified atom stereocenters. The van der Waals surface area contributed by atoms with Gasteiger partial charge in [0.05, 0.1) is 0 Å². The summed E-state index contributed by atoms with van der Waals surface area (Å²) < 4.78 is 1.15. The van der Waals surface area contributed by atoms with Crippen LogP contribution in [0.5, 0.6) is 0 Å². The second-order valence-corrected chi connectivity index (χ2v) is 4.52. The third-order valence-corrected chi connectivity index (χ3v) is 2.94. The van der Waals surface area contributed by atoms with Crippen molar-refractivity contribution in [3.63, 3.8) is 0 Å². The Kier molecular flexibility index (Phi) is 2.69. The Balaban J connectivity index is 2.32. The van der Waals surface area contributed by atoms with Gasteiger partial charge in [-0.2, -0.15) is 0 Å². The number of nitrogens with one attached hydrogen (secondary N) is 1. The maximum absolute atomic E-state index is 5.81. The summed E-state index contributed by atoms with van der Waals surface area (Å²) in [5, 5.41) is 3.42. The van der Waals surface area contributed by atoms with Gasteiger partial charge in [-0.25, -0.2) is 4.98 Å². The molecule has 70 valence electrons. The molecule has 3 nitrogen and oxygen atoms in total. The molecule has 0 aliphatic carbocycles. The second kappa shape index (κ2) is 3.79. The van der Waals surface area contributed by atoms with Crippen LogP contribution in [0.25, 0.3) is 0 Å². The van der Waals surface area contributed by atoms with Gasteiger partial charge in [-0.1, -0.05) is 0 Å². The van der Waals surface area contributed by atoms with E-state index in [0.717, 1.165) is 15.7 Å². The zero-order chi connectivity index (χ0) is 9.26. The molecule has 4 heteroatoms. The smallest absolute Gasteiger partial charge is 0.128 e. The summed E-state index contributed by atoms with van der Waals surface area (Å²) in [6.45, 7) is 1.09. The Hall–Kier alpha value is -0.360. The van der Waals surface area contributed by atoms with Crippen molar-refractivity contribution in [1.82, 2.24) is 10.3 Å². The molecular formula is C9H12IN3. The van der Waals surface area contributed by atoms with Crippen molar-refractivity contribution in [1.29, 1.82) is 0 Å². The van der Waals surface area contributed by atoms with Crippen LogP contribution >= 0.6 is 22.6 Å². The summed E-state index contributed by atoms with van der Waals surface area (Å²) in [6.07, 6.45) is 4.20. The van der Waals surface area contributed by atoms with Gasteiger partial charge in [-0.05, 0) is 48.0 Å². The minimum atomic E-state index is 0.419. The van der Waals surface area contributed by atoms with Crippen LogP contribution in [0.15, 0.2) is 12.3 Å². The summed E-state index contributed by atoms with van der Waals surface area (Å²) in [7, 11) is 0. The molecule has 1 aromatic heterocycles. The molecule has 0 radical (unpaired) electrons. The zero-order valence-corrected chi connectivity index (χ0v) is 9.41. The van der Waals surface area contributed by atoms with Crippen molar-refractivity contribution in [2.75, 3.05) is 12.3 Å². The summed E-state index contributed by atoms with van der Waals surface area (Å²) in [4.78, 5) is 4.15. The average Bonchev–Trinajstić information content (AvgIpc) is 2.61. The fraction of sp³-hybridized carbons (Fsp3) is 0.444. The molecule has 2 rings (SSSR count). The first kappa shape index (κ1) is 9.21. The van der Waals surface area contributed by atoms with Gasteiger partial charge >= 0.3 is 0 Å². The van der Waals surface area contributed by atoms with Gasteiger partial charge in [0.15, 0.2) is 0 Å². The van der Waals surface area contributed by atoms with Gasteiger partial charge in [0.1, 0.15) is 5.82 Å². The van der Waals surface area contributed by atoms with E-state index >= 15 is 0 Å². The van der Waals surface area contributed by atoms with Gasteiger partial charge in [0.25, 0.3) is 0 Å². The number of aromatic nitrogens is 1. The molecule has 1 aliphatic rings. The number of hydrogen-bond donors (Lipinski definition) is 2. The van der Waals surface area contributed by atoms with E-state index in [1.165, 1.54) is 12.8 Å². The van der Waals surface area contributed by atoms with Crippen LogP contribution in [0.4, 0.5) is 5.82 Å². The third kappa shape index (κ3) is 1.94. The van der Waals surface area contributed by atoms with Crippen LogP contribution in [-0.4, -0.2) is 11.5 Å². The molecular weight excluding hydrogens is 277 g/mol. The molecule has 0 aromatic carbocycles. The van der Waals surface area contributed by atoms with Gasteiger partial charge in [0.2, 0.25) is 0 Å². The summed E-state index contributed by atoms with van der Waals surface area (Å²) in [5.74, 6) is 0.666. The maximum atomic E-state index is 5.81. The molecule has 1 aliphatic heterocycles. The summed E-state index contributed by atoms with van der Waals surface area (Å²) in [5.41, 5.74) is 6.97. The lowest BCUT2D eigenvalue weighted by molar-refractivity contribution is 0.647. The Labute approximate surface area is 91.3 Å². The maximum Gasteiger partial charge on any atom is 0.128 e. The SMILES string of the molecule is Nc1ncc(I)cc1[C@@H]1CCCN1. The van der Waals surface area contributed by atoms with Crippen LogP contribution in [0.3, 0.4) is 0 Å². The molecule has 0 amide bonds. The molecule has 1 saturated heterocycles. The number of rotatable bonds is 1. The summed E-state index contributed by atoms with van der Waals surface area (Å²) >= 11 is 2.26. The van der Waals surface area contributed by atoms with Crippen LogP contribution in [0.2, 0.25) is 0 Å². The van der Waals surface area contributed by atoms with E-state index in [-0.39, 0.29) is 0 Å². The minimum absolute atomic E-state index is 0.419. The lowest BCUT2D eigenvalue weighted by Gasteiger charge is -2.12. The molecule has 13 heavy (non-hydrogen) atoms. The van der Waals surface area contributed by atoms with Gasteiger partial charge in [0, 0.05) is 21.4 Å². The Morgan fingerprint density at radius 2 is 2.46 bits per heavy atom. The Morgan fingerprint density at radius 3 is 3.15 bits per heavy atom. The molecule has 2 heterocycles. The largest absolute Gasteiger partial charge is 0.383 e. The predicted molar refractivity (Wildman–Crippen MR) is 61.3 cm³/mol. The van der Waals surface area contributed by atoms with Gasteiger partial charge in [-0.15, -0.1) is 0 Å². The topological polar surface area (TPSA) is 50.9 Å². The predicted octanol–water partition coefficient (Wildman–Crippen LogP) is 1.69. The number of pyridine rings is 1. The van der Waals surface area contributed by atoms with E-state index in [9.17, 15) is 0 Å². The van der Waals surface area contributed by atoms with Crippen molar-refractivity contribution in [2.24, 2.45) is 0 Å². The van der Waals surface area contributed by atoms with Crippen LogP contribution < -0.4 is 11.1 Å². The van der Waals surface area contributed by atoms with E-state index in [0.29, 0.717) is 11.9 Å². The highest BCUT2D eigenvalue weighted by Gasteiger charge is 2.18. The molecule has 0 bridgehead atoms. The number of nitrogens with zero attached hydrogens (tertiary/aromatic N) is 1. The molecule has 0 spiro atoms. The van der Waals surface area contributed by atoms with E-state index in [4.69, 9.17) is 5.73 Å². The average molecular weight is 289 g/mol. The lowest BCUT2D eigenvalue weighted by atomic mass is 10.1. The van der Waals surface area contributed by atoms with Crippen LogP contribution in [0.1, 0.15) is 24.4 Å². The lowest BCUT2D eigenvalue weighted by Crippen LogP contribution is -2.15. The first-order valence-electron chi connectivity index (χ1n) is 4.41. The van der Waals surface area contributed by atoms with E-state index in [2.05, 4.69) is 39.0 Å². The highest BCUT2D eigenvalue weighted by Crippen LogP contribution is 2.27. The quantitative estimate of drug-likeness (QED) is 0.774. The van der Waals surface area contributed by atoms with Crippen LogP contribution in [-0.2, 0) is 0 Å². The number of anilines is 1. The number of nitrogen functional groups attached to an aromatic ring is 1. The van der Waals surface area contributed by atoms with Gasteiger partial charge in [-0.3, -0.25) is 0 Å². The third-order valence-electron chi connectivity index (χ3n) is 2.35. The first-order valence-corrected chi connectivity index (χ1v) is 5.49. The Bertz CT molecular complexity index is 308. The standard InChI is InChI=1S/C9H12IN3/c10-6-4-7(9(11)13-5-6)8-2-1-3-12-8/h4-5,8,12H,1-3H2,(H2,11,13)/t8-/m0/s1. The normalized spacial score (nSPS) is 22.1. The van der Waals surface area contributed by atoms with E-state index in [1.807, 2.05) is 0 Å². The number of nitrogens with two attached hydrogens (primary N) is 1. The highest BCUT2D eigenvalue weighted by molar-refractivity contribution is 14.1. The monoisotopic (exact) mass is 289 g/mol. The zero-order valence-electron chi connectivity index (χ0n) is 7.26. The fourth-order valence-electron chi connectivity index (χ4n) is 1.69. The fourth-order valence-corrected chi connectivity index (χ4v) is 2.17. The molecule has 0 saturated carbocycles.